The molecule has 0 saturated carbocycles. The molecular formula is C18H14BrN3O4S2. The molecule has 0 atom stereocenters. The van der Waals surface area contributed by atoms with Crippen molar-refractivity contribution in [2.24, 2.45) is 0 Å². The van der Waals surface area contributed by atoms with Crippen LogP contribution in [-0.2, 0) is 10.0 Å². The summed E-state index contributed by atoms with van der Waals surface area (Å²) in [5.41, 5.74) is 0.989. The third kappa shape index (κ3) is 5.18. The molecule has 3 N–H and O–H groups in total. The second-order valence-corrected chi connectivity index (χ2v) is 8.38. The van der Waals surface area contributed by atoms with Crippen LogP contribution in [0.25, 0.3) is 0 Å². The second kappa shape index (κ2) is 8.55. The van der Waals surface area contributed by atoms with Gasteiger partial charge in [-0.25, -0.2) is 8.42 Å². The van der Waals surface area contributed by atoms with E-state index in [-0.39, 0.29) is 15.8 Å². The number of furan rings is 1. The summed E-state index contributed by atoms with van der Waals surface area (Å²) in [6.07, 6.45) is 0. The van der Waals surface area contributed by atoms with Crippen LogP contribution >= 0.6 is 28.1 Å². The van der Waals surface area contributed by atoms with Crippen LogP contribution < -0.4 is 15.4 Å². The van der Waals surface area contributed by atoms with E-state index in [2.05, 4.69) is 31.3 Å². The monoisotopic (exact) mass is 479 g/mol. The van der Waals surface area contributed by atoms with Gasteiger partial charge in [-0.3, -0.25) is 14.8 Å². The molecule has 1 aromatic heterocycles. The predicted octanol–water partition coefficient (Wildman–Crippen LogP) is 3.97. The number of carbonyl (C=O) groups is 1. The number of rotatable bonds is 5. The summed E-state index contributed by atoms with van der Waals surface area (Å²) in [4.78, 5) is 12.1. The fourth-order valence-electron chi connectivity index (χ4n) is 2.20. The van der Waals surface area contributed by atoms with E-state index in [4.69, 9.17) is 16.6 Å². The van der Waals surface area contributed by atoms with E-state index in [1.165, 1.54) is 18.2 Å². The Morgan fingerprint density at radius 3 is 2.21 bits per heavy atom. The molecule has 7 nitrogen and oxygen atoms in total. The maximum atomic E-state index is 12.4. The smallest absolute Gasteiger partial charge is 0.293 e. The lowest BCUT2D eigenvalue weighted by molar-refractivity contribution is 0.0949. The quantitative estimate of drug-likeness (QED) is 0.478. The van der Waals surface area contributed by atoms with Crippen molar-refractivity contribution in [1.82, 2.24) is 5.32 Å². The van der Waals surface area contributed by atoms with Crippen LogP contribution in [0.2, 0.25) is 0 Å². The fourth-order valence-corrected chi connectivity index (χ4v) is 3.78. The van der Waals surface area contributed by atoms with E-state index in [1.807, 2.05) is 0 Å². The lowest BCUT2D eigenvalue weighted by Crippen LogP contribution is -2.33. The minimum absolute atomic E-state index is 0.0514. The summed E-state index contributed by atoms with van der Waals surface area (Å²) in [6.45, 7) is 0. The van der Waals surface area contributed by atoms with Gasteiger partial charge in [-0.2, -0.15) is 0 Å². The number of anilines is 2. The minimum Gasteiger partial charge on any atom is -0.444 e. The van der Waals surface area contributed by atoms with Crippen LogP contribution in [0.15, 0.2) is 80.7 Å². The highest BCUT2D eigenvalue weighted by Gasteiger charge is 2.15. The molecule has 0 bridgehead atoms. The third-order valence-corrected chi connectivity index (χ3v) is 5.50. The predicted molar refractivity (Wildman–Crippen MR) is 114 cm³/mol. The molecule has 0 unspecified atom stereocenters. The number of nitrogens with one attached hydrogen (secondary N) is 3. The Bertz CT molecular complexity index is 1100. The molecule has 0 aliphatic carbocycles. The third-order valence-electron chi connectivity index (χ3n) is 3.47. The number of para-hydroxylation sites is 1. The Labute approximate surface area is 175 Å². The number of amides is 1. The average molecular weight is 480 g/mol. The highest BCUT2D eigenvalue weighted by Crippen LogP contribution is 2.18. The lowest BCUT2D eigenvalue weighted by atomic mass is 10.3. The summed E-state index contributed by atoms with van der Waals surface area (Å²) in [7, 11) is -3.71. The maximum Gasteiger partial charge on any atom is 0.293 e. The molecule has 1 heterocycles. The van der Waals surface area contributed by atoms with Gasteiger partial charge in [0.05, 0.1) is 4.90 Å². The van der Waals surface area contributed by atoms with Crippen molar-refractivity contribution in [2.75, 3.05) is 10.0 Å². The van der Waals surface area contributed by atoms with Crippen molar-refractivity contribution in [3.05, 3.63) is 77.2 Å². The number of halogens is 1. The van der Waals surface area contributed by atoms with E-state index >= 15 is 0 Å². The van der Waals surface area contributed by atoms with Gasteiger partial charge in [0.2, 0.25) is 0 Å². The molecule has 0 aliphatic heterocycles. The first-order valence-electron chi connectivity index (χ1n) is 7.89. The number of sulfonamides is 1. The van der Waals surface area contributed by atoms with Gasteiger partial charge < -0.3 is 9.73 Å². The second-order valence-electron chi connectivity index (χ2n) is 5.51. The Morgan fingerprint density at radius 1 is 0.929 bits per heavy atom. The lowest BCUT2D eigenvalue weighted by Gasteiger charge is -2.11. The van der Waals surface area contributed by atoms with E-state index in [0.29, 0.717) is 16.0 Å². The summed E-state index contributed by atoms with van der Waals surface area (Å²) < 4.78 is 32.9. The number of thiocarbonyl (C=S) groups is 1. The molecular weight excluding hydrogens is 466 g/mol. The summed E-state index contributed by atoms with van der Waals surface area (Å²) in [5.74, 6) is -0.404. The van der Waals surface area contributed by atoms with E-state index in [1.54, 1.807) is 48.5 Å². The zero-order chi connectivity index (χ0) is 20.1. The summed E-state index contributed by atoms with van der Waals surface area (Å²) in [6, 6.07) is 17.6. The van der Waals surface area contributed by atoms with Crippen LogP contribution in [0.5, 0.6) is 0 Å². The molecule has 1 amide bonds. The van der Waals surface area contributed by atoms with Crippen LogP contribution in [0, 0.1) is 0 Å². The summed E-state index contributed by atoms with van der Waals surface area (Å²) in [5, 5.41) is 5.33. The highest BCUT2D eigenvalue weighted by atomic mass is 79.9. The van der Waals surface area contributed by atoms with Crippen LogP contribution in [-0.4, -0.2) is 19.4 Å². The number of carbonyl (C=O) groups excluding carboxylic acids is 1. The fraction of sp³-hybridized carbons (Fsp3) is 0. The first kappa shape index (κ1) is 20.1. The molecule has 0 aliphatic rings. The van der Waals surface area contributed by atoms with E-state index < -0.39 is 15.9 Å². The molecule has 0 spiro atoms. The number of hydrogen-bond donors (Lipinski definition) is 3. The molecule has 10 heteroatoms. The van der Waals surface area contributed by atoms with E-state index in [0.717, 1.165) is 0 Å². The van der Waals surface area contributed by atoms with Crippen molar-refractivity contribution in [3.8, 4) is 0 Å². The van der Waals surface area contributed by atoms with Gasteiger partial charge in [0.1, 0.15) is 0 Å². The van der Waals surface area contributed by atoms with E-state index in [9.17, 15) is 13.2 Å². The molecule has 28 heavy (non-hydrogen) atoms. The standard InChI is InChI=1S/C18H14BrN3O4S2/c19-16-11-10-15(26-16)17(23)21-18(27)20-12-6-8-14(9-7-12)28(24,25)22-13-4-2-1-3-5-13/h1-11,22H,(H2,20,21,23,27). The van der Waals surface area contributed by atoms with Crippen LogP contribution in [0.1, 0.15) is 10.6 Å². The van der Waals surface area contributed by atoms with Gasteiger partial charge in [0.25, 0.3) is 15.9 Å². The largest absolute Gasteiger partial charge is 0.444 e. The maximum absolute atomic E-state index is 12.4. The minimum atomic E-state index is -3.71. The Hall–Kier alpha value is -2.69. The number of hydrogen-bond acceptors (Lipinski definition) is 5. The van der Waals surface area contributed by atoms with Gasteiger partial charge >= 0.3 is 0 Å². The normalized spacial score (nSPS) is 10.9. The van der Waals surface area contributed by atoms with Crippen molar-refractivity contribution in [2.45, 2.75) is 4.90 Å². The Balaban J connectivity index is 1.62. The van der Waals surface area contributed by atoms with Crippen molar-refractivity contribution in [1.29, 1.82) is 0 Å². The van der Waals surface area contributed by atoms with Gasteiger partial charge in [0, 0.05) is 11.4 Å². The average Bonchev–Trinajstić information content (AvgIpc) is 3.09. The van der Waals surface area contributed by atoms with Gasteiger partial charge in [-0.15, -0.1) is 0 Å². The molecule has 0 fully saturated rings. The zero-order valence-corrected chi connectivity index (χ0v) is 17.4. The SMILES string of the molecule is O=C(NC(=S)Nc1ccc(S(=O)(=O)Nc2ccccc2)cc1)c1ccc(Br)o1. The molecule has 2 aromatic carbocycles. The van der Waals surface area contributed by atoms with Crippen LogP contribution in [0.3, 0.4) is 0 Å². The van der Waals surface area contributed by atoms with Crippen molar-refractivity contribution in [3.63, 3.8) is 0 Å². The topological polar surface area (TPSA) is 100 Å². The zero-order valence-electron chi connectivity index (χ0n) is 14.2. The van der Waals surface area contributed by atoms with Crippen molar-refractivity contribution < 1.29 is 17.6 Å². The molecule has 3 aromatic rings. The molecule has 0 radical (unpaired) electrons. The first-order valence-corrected chi connectivity index (χ1v) is 10.6. The van der Waals surface area contributed by atoms with Crippen molar-refractivity contribution >= 4 is 60.6 Å². The van der Waals surface area contributed by atoms with Gasteiger partial charge in [0.15, 0.2) is 15.5 Å². The van der Waals surface area contributed by atoms with Crippen LogP contribution in [0.4, 0.5) is 11.4 Å². The molecule has 3 rings (SSSR count). The first-order chi connectivity index (χ1) is 13.3. The van der Waals surface area contributed by atoms with Gasteiger partial charge in [-0.1, -0.05) is 18.2 Å². The van der Waals surface area contributed by atoms with Gasteiger partial charge in [-0.05, 0) is 76.7 Å². The molecule has 0 saturated heterocycles. The highest BCUT2D eigenvalue weighted by molar-refractivity contribution is 9.10. The number of benzene rings is 2. The summed E-state index contributed by atoms with van der Waals surface area (Å²) >= 11 is 8.20. The Morgan fingerprint density at radius 2 is 1.61 bits per heavy atom. The molecule has 144 valence electrons. The Kier molecular flexibility index (Phi) is 6.12.